The van der Waals surface area contributed by atoms with E-state index >= 15 is 0 Å². The first-order chi connectivity index (χ1) is 14.2. The average molecular weight is 435 g/mol. The van der Waals surface area contributed by atoms with E-state index in [1.807, 2.05) is 0 Å². The summed E-state index contributed by atoms with van der Waals surface area (Å²) in [5.41, 5.74) is -0.612. The molecule has 0 aromatic heterocycles. The number of carboxylic acid groups (broad SMARTS) is 2. The molecule has 4 atom stereocenters. The number of hydrogen-bond acceptors (Lipinski definition) is 6. The van der Waals surface area contributed by atoms with Crippen LogP contribution in [0.5, 0.6) is 0 Å². The number of benzene rings is 2. The molecule has 0 saturated carbocycles. The molecule has 11 heteroatoms. The molecule has 0 aliphatic heterocycles. The Bertz CT molecular complexity index is 920. The lowest BCUT2D eigenvalue weighted by Crippen LogP contribution is -2.35. The summed E-state index contributed by atoms with van der Waals surface area (Å²) in [6, 6.07) is 12.7. The minimum Gasteiger partial charge on any atom is -0.481 e. The van der Waals surface area contributed by atoms with Crippen molar-refractivity contribution in [2.45, 2.75) is 24.5 Å². The maximum atomic E-state index is 12.2. The van der Waals surface area contributed by atoms with E-state index < -0.39 is 48.9 Å². The summed E-state index contributed by atoms with van der Waals surface area (Å²) in [4.78, 5) is 43.0. The van der Waals surface area contributed by atoms with Gasteiger partial charge < -0.3 is 15.5 Å². The van der Waals surface area contributed by atoms with Crippen LogP contribution in [0.3, 0.4) is 0 Å². The highest BCUT2D eigenvalue weighted by molar-refractivity contribution is 7.39. The SMILES string of the molecule is O=C(O)CCC(C(=O)O)C(C(Nc1ccc([N+](=O)[O-])cc1)c1ccccc1)[P+](=O)O. The highest BCUT2D eigenvalue weighted by Crippen LogP contribution is 2.42. The molecule has 0 bridgehead atoms. The molecule has 0 aliphatic carbocycles. The van der Waals surface area contributed by atoms with Crippen molar-refractivity contribution < 1.29 is 34.2 Å². The van der Waals surface area contributed by atoms with Gasteiger partial charge in [0.25, 0.3) is 5.69 Å². The smallest absolute Gasteiger partial charge is 0.481 e. The van der Waals surface area contributed by atoms with Crippen LogP contribution < -0.4 is 5.32 Å². The van der Waals surface area contributed by atoms with Crippen molar-refractivity contribution in [1.82, 2.24) is 0 Å². The summed E-state index contributed by atoms with van der Waals surface area (Å²) in [5.74, 6) is -4.01. The molecule has 2 rings (SSSR count). The minimum atomic E-state index is -3.04. The lowest BCUT2D eigenvalue weighted by molar-refractivity contribution is -0.384. The third-order valence-corrected chi connectivity index (χ3v) is 5.72. The molecule has 4 N–H and O–H groups in total. The summed E-state index contributed by atoms with van der Waals surface area (Å²) >= 11 is 0. The zero-order valence-corrected chi connectivity index (χ0v) is 16.5. The predicted molar refractivity (Wildman–Crippen MR) is 108 cm³/mol. The fraction of sp³-hybridized carbons (Fsp3) is 0.263. The quantitative estimate of drug-likeness (QED) is 0.235. The Balaban J connectivity index is 2.46. The second-order valence-electron chi connectivity index (χ2n) is 6.51. The zero-order chi connectivity index (χ0) is 22.3. The molecule has 0 fully saturated rings. The van der Waals surface area contributed by atoms with Crippen molar-refractivity contribution in [3.05, 3.63) is 70.3 Å². The van der Waals surface area contributed by atoms with Gasteiger partial charge >= 0.3 is 20.0 Å². The second-order valence-corrected chi connectivity index (χ2v) is 7.71. The summed E-state index contributed by atoms with van der Waals surface area (Å²) in [6.45, 7) is 0. The zero-order valence-electron chi connectivity index (χ0n) is 15.6. The maximum Gasteiger partial charge on any atom is 0.512 e. The number of nitrogens with one attached hydrogen (secondary N) is 1. The van der Waals surface area contributed by atoms with E-state index in [0.717, 1.165) is 0 Å². The van der Waals surface area contributed by atoms with Gasteiger partial charge in [-0.25, -0.2) is 0 Å². The van der Waals surface area contributed by atoms with E-state index in [2.05, 4.69) is 5.32 Å². The van der Waals surface area contributed by atoms with Crippen LogP contribution in [0.4, 0.5) is 11.4 Å². The summed E-state index contributed by atoms with van der Waals surface area (Å²) in [7, 11) is -3.04. The lowest BCUT2D eigenvalue weighted by Gasteiger charge is -2.25. The fourth-order valence-electron chi connectivity index (χ4n) is 3.12. The van der Waals surface area contributed by atoms with Crippen molar-refractivity contribution in [2.75, 3.05) is 5.32 Å². The van der Waals surface area contributed by atoms with Crippen LogP contribution in [0.2, 0.25) is 0 Å². The fourth-order valence-corrected chi connectivity index (χ4v) is 4.20. The van der Waals surface area contributed by atoms with Crippen LogP contribution in [0.15, 0.2) is 54.6 Å². The van der Waals surface area contributed by atoms with E-state index in [-0.39, 0.29) is 12.1 Å². The monoisotopic (exact) mass is 435 g/mol. The first-order valence-electron chi connectivity index (χ1n) is 8.86. The first-order valence-corrected chi connectivity index (χ1v) is 10.1. The number of carbonyl (C=O) groups is 2. The summed E-state index contributed by atoms with van der Waals surface area (Å²) in [5, 5.41) is 32.4. The van der Waals surface area contributed by atoms with Crippen molar-refractivity contribution in [1.29, 1.82) is 0 Å². The molecule has 0 heterocycles. The number of nitro benzene ring substituents is 1. The number of anilines is 1. The van der Waals surface area contributed by atoms with Crippen LogP contribution in [0.1, 0.15) is 24.4 Å². The van der Waals surface area contributed by atoms with E-state index in [0.29, 0.717) is 11.3 Å². The number of carboxylic acids is 2. The molecular weight excluding hydrogens is 415 g/mol. The van der Waals surface area contributed by atoms with Gasteiger partial charge in [0.05, 0.1) is 4.92 Å². The molecule has 30 heavy (non-hydrogen) atoms. The predicted octanol–water partition coefficient (Wildman–Crippen LogP) is 3.42. The molecule has 10 nitrogen and oxygen atoms in total. The Morgan fingerprint density at radius 1 is 1.07 bits per heavy atom. The van der Waals surface area contributed by atoms with Crippen LogP contribution in [-0.4, -0.2) is 37.6 Å². The third-order valence-electron chi connectivity index (χ3n) is 4.55. The van der Waals surface area contributed by atoms with Crippen LogP contribution >= 0.6 is 8.03 Å². The standard InChI is InChI=1S/C19H19N2O8P/c22-16(23)11-10-15(19(24)25)18(30(28)29)17(12-4-2-1-3-5-12)20-13-6-8-14(9-7-13)21(26)27/h1-9,15,17-18,20H,10-11H2,(H2-,22,23,24,25,28,29)/p+1. The van der Waals surface area contributed by atoms with Crippen molar-refractivity contribution in [3.8, 4) is 0 Å². The average Bonchev–Trinajstić information content (AvgIpc) is 2.70. The normalized spacial score (nSPS) is 14.2. The molecule has 0 saturated heterocycles. The summed E-state index contributed by atoms with van der Waals surface area (Å²) in [6.07, 6.45) is -0.808. The number of aliphatic carboxylic acids is 2. The topological polar surface area (TPSA) is 167 Å². The molecule has 2 aromatic carbocycles. The number of nitrogens with zero attached hydrogens (tertiary/aromatic N) is 1. The lowest BCUT2D eigenvalue weighted by atomic mass is 9.90. The number of non-ortho nitro benzene ring substituents is 1. The Morgan fingerprint density at radius 2 is 1.67 bits per heavy atom. The molecule has 0 amide bonds. The van der Waals surface area contributed by atoms with Crippen molar-refractivity contribution in [3.63, 3.8) is 0 Å². The van der Waals surface area contributed by atoms with Gasteiger partial charge in [-0.2, -0.15) is 4.89 Å². The molecule has 0 spiro atoms. The van der Waals surface area contributed by atoms with Gasteiger partial charge in [-0.15, -0.1) is 0 Å². The molecule has 158 valence electrons. The van der Waals surface area contributed by atoms with Gasteiger partial charge in [0.2, 0.25) is 5.66 Å². The Kier molecular flexibility index (Phi) is 7.97. The van der Waals surface area contributed by atoms with Crippen LogP contribution in [0.25, 0.3) is 0 Å². The van der Waals surface area contributed by atoms with Gasteiger partial charge in [-0.05, 0) is 28.7 Å². The third kappa shape index (κ3) is 6.07. The highest BCUT2D eigenvalue weighted by atomic mass is 31.1. The Morgan fingerprint density at radius 3 is 2.13 bits per heavy atom. The number of rotatable bonds is 11. The van der Waals surface area contributed by atoms with E-state index in [9.17, 15) is 34.3 Å². The molecule has 0 aliphatic rings. The Labute approximate surface area is 172 Å². The maximum absolute atomic E-state index is 12.2. The van der Waals surface area contributed by atoms with Gasteiger partial charge in [-0.3, -0.25) is 19.7 Å². The number of hydrogen-bond donors (Lipinski definition) is 4. The molecular formula is C19H20N2O8P+. The van der Waals surface area contributed by atoms with Crippen molar-refractivity contribution >= 4 is 31.3 Å². The number of nitro groups is 1. The molecule has 4 unspecified atom stereocenters. The van der Waals surface area contributed by atoms with E-state index in [1.54, 1.807) is 30.3 Å². The molecule has 0 radical (unpaired) electrons. The largest absolute Gasteiger partial charge is 0.512 e. The van der Waals surface area contributed by atoms with Gasteiger partial charge in [0.1, 0.15) is 12.0 Å². The second kappa shape index (κ2) is 10.4. The van der Waals surface area contributed by atoms with Crippen molar-refractivity contribution in [2.24, 2.45) is 5.92 Å². The van der Waals surface area contributed by atoms with Crippen LogP contribution in [0, 0.1) is 16.0 Å². The first kappa shape index (κ1) is 22.9. The van der Waals surface area contributed by atoms with Crippen LogP contribution in [-0.2, 0) is 14.2 Å². The van der Waals surface area contributed by atoms with E-state index in [1.165, 1.54) is 24.3 Å². The minimum absolute atomic E-state index is 0.147. The highest BCUT2D eigenvalue weighted by Gasteiger charge is 2.48. The van der Waals surface area contributed by atoms with Gasteiger partial charge in [0.15, 0.2) is 0 Å². The van der Waals surface area contributed by atoms with E-state index in [4.69, 9.17) is 5.11 Å². The Hall–Kier alpha value is -3.36. The van der Waals surface area contributed by atoms with Gasteiger partial charge in [0, 0.05) is 24.2 Å². The molecule has 2 aromatic rings. The summed E-state index contributed by atoms with van der Waals surface area (Å²) < 4.78 is 12.2. The van der Waals surface area contributed by atoms with Gasteiger partial charge in [-0.1, -0.05) is 30.3 Å².